The molecule has 0 N–H and O–H groups in total. The summed E-state index contributed by atoms with van der Waals surface area (Å²) in [4.78, 5) is 1.23. The van der Waals surface area contributed by atoms with E-state index in [1.165, 1.54) is 42.2 Å². The van der Waals surface area contributed by atoms with Gasteiger partial charge in [0, 0.05) is 10.8 Å². The molecule has 0 aliphatic rings. The fourth-order valence-corrected chi connectivity index (χ4v) is 6.09. The third kappa shape index (κ3) is 2.20. The van der Waals surface area contributed by atoms with Gasteiger partial charge in [-0.2, -0.15) is 4.40 Å². The lowest BCUT2D eigenvalue weighted by Crippen LogP contribution is -2.28. The van der Waals surface area contributed by atoms with Crippen LogP contribution in [-0.4, -0.2) is 4.40 Å². The van der Waals surface area contributed by atoms with Crippen LogP contribution in [0.1, 0.15) is 5.56 Å². The first-order chi connectivity index (χ1) is 15.2. The van der Waals surface area contributed by atoms with Gasteiger partial charge in [0.1, 0.15) is 17.3 Å². The molecule has 0 bridgehead atoms. The van der Waals surface area contributed by atoms with Gasteiger partial charge in [-0.05, 0) is 41.5 Å². The highest BCUT2D eigenvalue weighted by molar-refractivity contribution is 7.23. The van der Waals surface area contributed by atoms with Crippen LogP contribution in [0.25, 0.3) is 59.1 Å². The second-order valence-electron chi connectivity index (χ2n) is 8.20. The Morgan fingerprint density at radius 3 is 2.65 bits per heavy atom. The zero-order valence-electron chi connectivity index (χ0n) is 17.2. The van der Waals surface area contributed by atoms with E-state index in [1.807, 2.05) is 11.3 Å². The van der Waals surface area contributed by atoms with Gasteiger partial charge < -0.3 is 4.42 Å². The molecule has 0 radical (unpaired) electrons. The maximum absolute atomic E-state index is 6.57. The van der Waals surface area contributed by atoms with Gasteiger partial charge in [0.25, 0.3) is 5.82 Å². The number of nitrogens with zero attached hydrogens (tertiary/aromatic N) is 2. The van der Waals surface area contributed by atoms with Gasteiger partial charge in [-0.15, -0.1) is 0 Å². The fraction of sp³-hybridized carbons (Fsp3) is 0.0741. The van der Waals surface area contributed by atoms with Crippen molar-refractivity contribution in [3.8, 4) is 11.4 Å². The van der Waals surface area contributed by atoms with Crippen LogP contribution in [-0.2, 0) is 7.05 Å². The summed E-state index contributed by atoms with van der Waals surface area (Å²) >= 11 is 1.82. The number of hydrogen-bond donors (Lipinski definition) is 0. The first-order valence-electron chi connectivity index (χ1n) is 10.4. The van der Waals surface area contributed by atoms with Crippen molar-refractivity contribution in [1.29, 1.82) is 0 Å². The molecule has 0 unspecified atom stereocenters. The summed E-state index contributed by atoms with van der Waals surface area (Å²) in [5.74, 6) is 1.15. The van der Waals surface area contributed by atoms with Gasteiger partial charge in [0.05, 0.1) is 11.7 Å². The normalized spacial score (nSPS) is 12.2. The van der Waals surface area contributed by atoms with Gasteiger partial charge >= 0.3 is 0 Å². The Labute approximate surface area is 182 Å². The van der Waals surface area contributed by atoms with E-state index < -0.39 is 0 Å². The number of thiazole rings is 1. The summed E-state index contributed by atoms with van der Waals surface area (Å²) in [6.07, 6.45) is 2.22. The highest BCUT2D eigenvalue weighted by Crippen LogP contribution is 2.41. The van der Waals surface area contributed by atoms with Crippen LogP contribution in [0.5, 0.6) is 0 Å². The molecule has 4 aromatic carbocycles. The zero-order chi connectivity index (χ0) is 20.7. The van der Waals surface area contributed by atoms with Crippen molar-refractivity contribution in [3.05, 3.63) is 84.6 Å². The Morgan fingerprint density at radius 1 is 0.871 bits per heavy atom. The number of benzene rings is 4. The van der Waals surface area contributed by atoms with Gasteiger partial charge in [0.15, 0.2) is 11.1 Å². The smallest absolute Gasteiger partial charge is 0.299 e. The molecule has 148 valence electrons. The molecule has 0 saturated heterocycles. The Morgan fingerprint density at radius 2 is 1.71 bits per heavy atom. The number of fused-ring (bicyclic) bond motifs is 8. The molecule has 7 rings (SSSR count). The molecule has 7 aromatic rings. The summed E-state index contributed by atoms with van der Waals surface area (Å²) in [7, 11) is 2.13. The van der Waals surface area contributed by atoms with Crippen LogP contribution < -0.4 is 4.57 Å². The number of para-hydroxylation sites is 1. The Kier molecular flexibility index (Phi) is 3.29. The fourth-order valence-electron chi connectivity index (χ4n) is 4.97. The Bertz CT molecular complexity index is 1820. The molecular formula is C27H19N2OS+. The van der Waals surface area contributed by atoms with Crippen molar-refractivity contribution in [2.75, 3.05) is 0 Å². The average molecular weight is 420 g/mol. The summed E-state index contributed by atoms with van der Waals surface area (Å²) in [5.41, 5.74) is 5.49. The van der Waals surface area contributed by atoms with Gasteiger partial charge in [0.2, 0.25) is 4.83 Å². The minimum Gasteiger partial charge on any atom is -0.455 e. The topological polar surface area (TPSA) is 21.4 Å². The van der Waals surface area contributed by atoms with Crippen LogP contribution in [0.4, 0.5) is 0 Å². The van der Waals surface area contributed by atoms with E-state index in [9.17, 15) is 0 Å². The summed E-state index contributed by atoms with van der Waals surface area (Å²) in [6, 6.07) is 25.8. The molecule has 0 atom stereocenters. The minimum absolute atomic E-state index is 0.936. The van der Waals surface area contributed by atoms with E-state index in [2.05, 4.69) is 102 Å². The summed E-state index contributed by atoms with van der Waals surface area (Å²) < 4.78 is 12.5. The highest BCUT2D eigenvalue weighted by Gasteiger charge is 2.28. The second-order valence-corrected chi connectivity index (χ2v) is 9.27. The third-order valence-electron chi connectivity index (χ3n) is 6.35. The van der Waals surface area contributed by atoms with Crippen LogP contribution in [0.2, 0.25) is 0 Å². The molecule has 3 nitrogen and oxygen atoms in total. The molecule has 4 heteroatoms. The lowest BCUT2D eigenvalue weighted by atomic mass is 10.00. The van der Waals surface area contributed by atoms with E-state index in [0.29, 0.717) is 0 Å². The molecule has 31 heavy (non-hydrogen) atoms. The predicted molar refractivity (Wildman–Crippen MR) is 129 cm³/mol. The van der Waals surface area contributed by atoms with E-state index in [1.54, 1.807) is 0 Å². The average Bonchev–Trinajstić information content (AvgIpc) is 3.43. The Hall–Kier alpha value is -3.63. The van der Waals surface area contributed by atoms with Crippen LogP contribution >= 0.6 is 11.3 Å². The molecule has 3 heterocycles. The summed E-state index contributed by atoms with van der Waals surface area (Å²) in [6.45, 7) is 2.17. The minimum atomic E-state index is 0.936. The molecule has 0 saturated carbocycles. The van der Waals surface area contributed by atoms with Crippen molar-refractivity contribution in [1.82, 2.24) is 4.40 Å². The SMILES string of the molecule is Cc1ccc2c(oc3ccc4ccccc4c32)c1-c1n2c(c[n+]1C)sc1ccccc12. The first-order valence-corrected chi connectivity index (χ1v) is 11.2. The molecule has 0 aliphatic carbocycles. The molecule has 3 aromatic heterocycles. The van der Waals surface area contributed by atoms with Crippen molar-refractivity contribution in [3.63, 3.8) is 0 Å². The van der Waals surface area contributed by atoms with Gasteiger partial charge in [-0.25, -0.2) is 4.57 Å². The van der Waals surface area contributed by atoms with Crippen molar-refractivity contribution < 1.29 is 8.98 Å². The largest absolute Gasteiger partial charge is 0.455 e. The molecular weight excluding hydrogens is 400 g/mol. The number of imidazole rings is 1. The molecule has 0 fully saturated rings. The standard InChI is InChI=1S/C27H19N2OS/c1-16-11-13-19-25-18-8-4-3-7-17(18)12-14-21(25)30-26(19)24(16)27-28(2)15-23-29(27)20-9-5-6-10-22(20)31-23/h3-15H,1-2H3/q+1. The van der Waals surface area contributed by atoms with Gasteiger partial charge in [-0.1, -0.05) is 65.9 Å². The lowest BCUT2D eigenvalue weighted by Gasteiger charge is -2.04. The number of aryl methyl sites for hydroxylation is 2. The van der Waals surface area contributed by atoms with Crippen molar-refractivity contribution >= 4 is 59.1 Å². The highest BCUT2D eigenvalue weighted by atomic mass is 32.1. The first kappa shape index (κ1) is 17.1. The third-order valence-corrected chi connectivity index (χ3v) is 7.42. The predicted octanol–water partition coefficient (Wildman–Crippen LogP) is 7.01. The quantitative estimate of drug-likeness (QED) is 0.262. The van der Waals surface area contributed by atoms with Gasteiger partial charge in [-0.3, -0.25) is 0 Å². The number of hydrogen-bond acceptors (Lipinski definition) is 2. The van der Waals surface area contributed by atoms with E-state index in [4.69, 9.17) is 4.42 Å². The maximum atomic E-state index is 6.57. The second kappa shape index (κ2) is 5.96. The number of furan rings is 1. The number of aromatic nitrogens is 2. The van der Waals surface area contributed by atoms with Crippen LogP contribution in [0.3, 0.4) is 0 Å². The maximum Gasteiger partial charge on any atom is 0.299 e. The molecule has 0 spiro atoms. The van der Waals surface area contributed by atoms with Crippen LogP contribution in [0.15, 0.2) is 83.4 Å². The number of rotatable bonds is 1. The molecule has 0 amide bonds. The lowest BCUT2D eigenvalue weighted by molar-refractivity contribution is -0.658. The van der Waals surface area contributed by atoms with E-state index >= 15 is 0 Å². The zero-order valence-corrected chi connectivity index (χ0v) is 18.0. The monoisotopic (exact) mass is 419 g/mol. The summed E-state index contributed by atoms with van der Waals surface area (Å²) in [5, 5.41) is 4.83. The van der Waals surface area contributed by atoms with E-state index in [0.717, 1.165) is 22.6 Å². The van der Waals surface area contributed by atoms with Crippen molar-refractivity contribution in [2.45, 2.75) is 6.92 Å². The molecule has 0 aliphatic heterocycles. The Balaban J connectivity index is 1.68. The van der Waals surface area contributed by atoms with Crippen molar-refractivity contribution in [2.24, 2.45) is 7.05 Å². The van der Waals surface area contributed by atoms with E-state index in [-0.39, 0.29) is 0 Å². The van der Waals surface area contributed by atoms with Crippen LogP contribution in [0, 0.1) is 6.92 Å².